The van der Waals surface area contributed by atoms with Crippen molar-refractivity contribution in [3.05, 3.63) is 53.1 Å². The molecule has 24 heavy (non-hydrogen) atoms. The van der Waals surface area contributed by atoms with Gasteiger partial charge in [-0.3, -0.25) is 4.79 Å². The van der Waals surface area contributed by atoms with E-state index in [0.29, 0.717) is 18.0 Å². The normalized spacial score (nSPS) is 12.8. The molecule has 5 heteroatoms. The molecule has 0 unspecified atom stereocenters. The number of ether oxygens (including phenoxy) is 2. The zero-order chi connectivity index (χ0) is 16.9. The zero-order valence-corrected chi connectivity index (χ0v) is 14.0. The van der Waals surface area contributed by atoms with E-state index in [9.17, 15) is 4.79 Å². The molecule has 0 fully saturated rings. The fourth-order valence-electron chi connectivity index (χ4n) is 2.99. The van der Waals surface area contributed by atoms with Crippen molar-refractivity contribution in [1.82, 2.24) is 5.32 Å². The largest absolute Gasteiger partial charge is 0.493 e. The van der Waals surface area contributed by atoms with Gasteiger partial charge in [-0.05, 0) is 48.2 Å². The summed E-state index contributed by atoms with van der Waals surface area (Å²) in [6.07, 6.45) is 1.98. The Labute approximate surface area is 142 Å². The average Bonchev–Trinajstić information content (AvgIpc) is 2.65. The summed E-state index contributed by atoms with van der Waals surface area (Å²) in [4.78, 5) is 12.6. The highest BCUT2D eigenvalue weighted by Gasteiger charge is 2.17. The number of hydrogen-bond donors (Lipinski definition) is 2. The van der Waals surface area contributed by atoms with Gasteiger partial charge >= 0.3 is 0 Å². The molecule has 5 nitrogen and oxygen atoms in total. The Bertz CT molecular complexity index is 743. The van der Waals surface area contributed by atoms with Gasteiger partial charge in [0.2, 0.25) is 0 Å². The molecule has 1 heterocycles. The number of methoxy groups -OCH3 is 2. The molecule has 1 aliphatic rings. The van der Waals surface area contributed by atoms with Gasteiger partial charge in [-0.25, -0.2) is 0 Å². The summed E-state index contributed by atoms with van der Waals surface area (Å²) in [5.41, 5.74) is 3.89. The van der Waals surface area contributed by atoms with Crippen LogP contribution in [0.2, 0.25) is 0 Å². The first kappa shape index (κ1) is 16.2. The molecule has 0 spiro atoms. The third kappa shape index (κ3) is 3.30. The van der Waals surface area contributed by atoms with Crippen molar-refractivity contribution in [2.45, 2.75) is 19.4 Å². The minimum Gasteiger partial charge on any atom is -0.493 e. The first-order valence-electron chi connectivity index (χ1n) is 8.08. The second-order valence-corrected chi connectivity index (χ2v) is 5.73. The minimum atomic E-state index is -0.0506. The topological polar surface area (TPSA) is 59.6 Å². The molecule has 0 aromatic heterocycles. The molecule has 126 valence electrons. The van der Waals surface area contributed by atoms with E-state index in [1.54, 1.807) is 14.2 Å². The highest BCUT2D eigenvalue weighted by Crippen LogP contribution is 2.28. The van der Waals surface area contributed by atoms with E-state index in [2.05, 4.69) is 10.6 Å². The van der Waals surface area contributed by atoms with Crippen LogP contribution in [0.15, 0.2) is 36.4 Å². The number of carbonyl (C=O) groups is 1. The van der Waals surface area contributed by atoms with Crippen LogP contribution in [0, 0.1) is 0 Å². The van der Waals surface area contributed by atoms with Gasteiger partial charge in [0.1, 0.15) is 0 Å². The number of anilines is 1. The molecule has 0 aliphatic carbocycles. The predicted molar refractivity (Wildman–Crippen MR) is 94.0 cm³/mol. The lowest BCUT2D eigenvalue weighted by Gasteiger charge is -2.20. The van der Waals surface area contributed by atoms with E-state index in [4.69, 9.17) is 9.47 Å². The van der Waals surface area contributed by atoms with Gasteiger partial charge in [-0.1, -0.05) is 12.1 Å². The first-order valence-corrected chi connectivity index (χ1v) is 8.08. The third-order valence-corrected chi connectivity index (χ3v) is 4.24. The Hall–Kier alpha value is -2.69. The number of amides is 1. The van der Waals surface area contributed by atoms with Crippen LogP contribution in [0.1, 0.15) is 27.9 Å². The molecule has 3 rings (SSSR count). The minimum absolute atomic E-state index is 0.0506. The van der Waals surface area contributed by atoms with Gasteiger partial charge in [0, 0.05) is 24.3 Å². The standard InChI is InChI=1S/C19H22N2O3/c1-23-17-9-8-13(11-18(17)24-2)12-21-19(22)15-5-3-7-16-14(15)6-4-10-20-16/h3,5,7-9,11,20H,4,6,10,12H2,1-2H3,(H,21,22). The number of benzene rings is 2. The number of hydrogen-bond acceptors (Lipinski definition) is 4. The third-order valence-electron chi connectivity index (χ3n) is 4.24. The van der Waals surface area contributed by atoms with Crippen LogP contribution < -0.4 is 20.1 Å². The van der Waals surface area contributed by atoms with Crippen LogP contribution in [-0.4, -0.2) is 26.7 Å². The predicted octanol–water partition coefficient (Wildman–Crippen LogP) is 2.99. The van der Waals surface area contributed by atoms with Gasteiger partial charge < -0.3 is 20.1 Å². The molecule has 0 saturated heterocycles. The molecule has 2 aromatic rings. The monoisotopic (exact) mass is 326 g/mol. The summed E-state index contributed by atoms with van der Waals surface area (Å²) in [6.45, 7) is 1.40. The van der Waals surface area contributed by atoms with E-state index in [1.807, 2.05) is 36.4 Å². The van der Waals surface area contributed by atoms with Crippen molar-refractivity contribution >= 4 is 11.6 Å². The smallest absolute Gasteiger partial charge is 0.251 e. The van der Waals surface area contributed by atoms with Crippen molar-refractivity contribution in [2.24, 2.45) is 0 Å². The lowest BCUT2D eigenvalue weighted by molar-refractivity contribution is 0.0950. The summed E-state index contributed by atoms with van der Waals surface area (Å²) in [5, 5.41) is 6.34. The number of nitrogens with one attached hydrogen (secondary N) is 2. The van der Waals surface area contributed by atoms with E-state index in [-0.39, 0.29) is 5.91 Å². The molecule has 1 aliphatic heterocycles. The lowest BCUT2D eigenvalue weighted by Crippen LogP contribution is -2.25. The molecule has 0 saturated carbocycles. The lowest BCUT2D eigenvalue weighted by atomic mass is 9.97. The van der Waals surface area contributed by atoms with Gasteiger partial charge in [0.05, 0.1) is 14.2 Å². The maximum Gasteiger partial charge on any atom is 0.251 e. The quantitative estimate of drug-likeness (QED) is 0.887. The molecule has 1 amide bonds. The highest BCUT2D eigenvalue weighted by molar-refractivity contribution is 5.97. The molecule has 0 bridgehead atoms. The van der Waals surface area contributed by atoms with Crippen LogP contribution >= 0.6 is 0 Å². The fraction of sp³-hybridized carbons (Fsp3) is 0.316. The highest BCUT2D eigenvalue weighted by atomic mass is 16.5. The summed E-state index contributed by atoms with van der Waals surface area (Å²) in [5.74, 6) is 1.28. The molecular formula is C19H22N2O3. The number of fused-ring (bicyclic) bond motifs is 1. The summed E-state index contributed by atoms with van der Waals surface area (Å²) in [7, 11) is 3.20. The molecule has 2 aromatic carbocycles. The van der Waals surface area contributed by atoms with Crippen molar-refractivity contribution < 1.29 is 14.3 Å². The van der Waals surface area contributed by atoms with Crippen molar-refractivity contribution in [3.8, 4) is 11.5 Å². The van der Waals surface area contributed by atoms with Gasteiger partial charge in [0.25, 0.3) is 5.91 Å². The van der Waals surface area contributed by atoms with Crippen LogP contribution in [0.25, 0.3) is 0 Å². The Morgan fingerprint density at radius 3 is 2.79 bits per heavy atom. The van der Waals surface area contributed by atoms with E-state index in [0.717, 1.165) is 41.8 Å². The van der Waals surface area contributed by atoms with Crippen molar-refractivity contribution in [2.75, 3.05) is 26.1 Å². The maximum absolute atomic E-state index is 12.6. The fourth-order valence-corrected chi connectivity index (χ4v) is 2.99. The summed E-state index contributed by atoms with van der Waals surface area (Å²) in [6, 6.07) is 11.5. The van der Waals surface area contributed by atoms with Gasteiger partial charge in [-0.15, -0.1) is 0 Å². The van der Waals surface area contributed by atoms with E-state index >= 15 is 0 Å². The Morgan fingerprint density at radius 2 is 2.00 bits per heavy atom. The average molecular weight is 326 g/mol. The summed E-state index contributed by atoms with van der Waals surface area (Å²) >= 11 is 0. The molecule has 2 N–H and O–H groups in total. The van der Waals surface area contributed by atoms with Crippen LogP contribution in [0.5, 0.6) is 11.5 Å². The zero-order valence-electron chi connectivity index (χ0n) is 14.0. The number of rotatable bonds is 5. The first-order chi connectivity index (χ1) is 11.7. The van der Waals surface area contributed by atoms with Crippen LogP contribution in [-0.2, 0) is 13.0 Å². The maximum atomic E-state index is 12.6. The Morgan fingerprint density at radius 1 is 1.17 bits per heavy atom. The van der Waals surface area contributed by atoms with Gasteiger partial charge in [-0.2, -0.15) is 0 Å². The van der Waals surface area contributed by atoms with Gasteiger partial charge in [0.15, 0.2) is 11.5 Å². The van der Waals surface area contributed by atoms with Crippen LogP contribution in [0.3, 0.4) is 0 Å². The van der Waals surface area contributed by atoms with Crippen LogP contribution in [0.4, 0.5) is 5.69 Å². The van der Waals surface area contributed by atoms with E-state index in [1.165, 1.54) is 0 Å². The SMILES string of the molecule is COc1ccc(CNC(=O)c2cccc3c2CCCN3)cc1OC. The number of carbonyl (C=O) groups excluding carboxylic acids is 1. The second-order valence-electron chi connectivity index (χ2n) is 5.73. The Balaban J connectivity index is 1.72. The molecular weight excluding hydrogens is 304 g/mol. The van der Waals surface area contributed by atoms with Crippen molar-refractivity contribution in [3.63, 3.8) is 0 Å². The molecule has 0 radical (unpaired) electrons. The second kappa shape index (κ2) is 7.25. The summed E-state index contributed by atoms with van der Waals surface area (Å²) < 4.78 is 10.5. The Kier molecular flexibility index (Phi) is 4.89. The van der Waals surface area contributed by atoms with Crippen molar-refractivity contribution in [1.29, 1.82) is 0 Å². The molecule has 0 atom stereocenters. The van der Waals surface area contributed by atoms with E-state index < -0.39 is 0 Å².